The van der Waals surface area contributed by atoms with E-state index in [1.807, 2.05) is 36.4 Å². The number of carbonyl (C=O) groups excluding carboxylic acids is 1. The molecule has 2 heteroatoms. The minimum Gasteiger partial charge on any atom is -0.294 e. The van der Waals surface area contributed by atoms with Crippen LogP contribution < -0.4 is 0 Å². The summed E-state index contributed by atoms with van der Waals surface area (Å²) in [5.74, 6) is 0.0380. The fourth-order valence-corrected chi connectivity index (χ4v) is 1.94. The average Bonchev–Trinajstić information content (AvgIpc) is 2.29. The van der Waals surface area contributed by atoms with Crippen LogP contribution in [0.1, 0.15) is 22.8 Å². The van der Waals surface area contributed by atoms with Gasteiger partial charge in [0.25, 0.3) is 0 Å². The fraction of sp³-hybridized carbons (Fsp3) is 0.143. The molecule has 0 radical (unpaired) electrons. The molecular weight excluding hydrogens is 198 g/mol. The standard InChI is InChI=1S/C14H11NO/c1-10(16)13-7-3-6-11-4-2-5-12(8-9-15)14(11)13/h2-7H,8H2,1H3. The largest absolute Gasteiger partial charge is 0.294 e. The summed E-state index contributed by atoms with van der Waals surface area (Å²) < 4.78 is 0. The van der Waals surface area contributed by atoms with Crippen molar-refractivity contribution in [2.45, 2.75) is 13.3 Å². The third-order valence-electron chi connectivity index (χ3n) is 2.64. The normalized spacial score (nSPS) is 10.0. The number of benzene rings is 2. The van der Waals surface area contributed by atoms with E-state index >= 15 is 0 Å². The highest BCUT2D eigenvalue weighted by Crippen LogP contribution is 2.23. The Hall–Kier alpha value is -2.14. The van der Waals surface area contributed by atoms with Gasteiger partial charge in [-0.05, 0) is 23.3 Å². The zero-order valence-electron chi connectivity index (χ0n) is 9.03. The molecule has 2 aromatic rings. The summed E-state index contributed by atoms with van der Waals surface area (Å²) in [5.41, 5.74) is 1.62. The molecule has 0 aliphatic carbocycles. The van der Waals surface area contributed by atoms with Crippen LogP contribution in [0.25, 0.3) is 10.8 Å². The molecule has 0 bridgehead atoms. The monoisotopic (exact) mass is 209 g/mol. The second-order valence-corrected chi connectivity index (χ2v) is 3.71. The SMILES string of the molecule is CC(=O)c1cccc2cccc(CC#N)c12. The first-order valence-corrected chi connectivity index (χ1v) is 5.12. The minimum absolute atomic E-state index is 0.0380. The van der Waals surface area contributed by atoms with Crippen LogP contribution in [0.15, 0.2) is 36.4 Å². The lowest BCUT2D eigenvalue weighted by Crippen LogP contribution is -1.96. The van der Waals surface area contributed by atoms with E-state index in [1.54, 1.807) is 6.92 Å². The Morgan fingerprint density at radius 2 is 1.94 bits per heavy atom. The van der Waals surface area contributed by atoms with Gasteiger partial charge in [-0.15, -0.1) is 0 Å². The van der Waals surface area contributed by atoms with Gasteiger partial charge in [0, 0.05) is 5.56 Å². The summed E-state index contributed by atoms with van der Waals surface area (Å²) in [6.07, 6.45) is 0.335. The summed E-state index contributed by atoms with van der Waals surface area (Å²) in [4.78, 5) is 11.5. The Morgan fingerprint density at radius 1 is 1.25 bits per heavy atom. The van der Waals surface area contributed by atoms with Crippen LogP contribution in [0.4, 0.5) is 0 Å². The van der Waals surface area contributed by atoms with E-state index in [9.17, 15) is 4.79 Å². The topological polar surface area (TPSA) is 40.9 Å². The molecular formula is C14H11NO. The Bertz CT molecular complexity index is 588. The Balaban J connectivity index is 2.82. The van der Waals surface area contributed by atoms with Crippen molar-refractivity contribution in [2.75, 3.05) is 0 Å². The van der Waals surface area contributed by atoms with E-state index in [0.717, 1.165) is 16.3 Å². The van der Waals surface area contributed by atoms with Crippen molar-refractivity contribution in [3.63, 3.8) is 0 Å². The van der Waals surface area contributed by atoms with E-state index < -0.39 is 0 Å². The number of hydrogen-bond acceptors (Lipinski definition) is 2. The minimum atomic E-state index is 0.0380. The number of carbonyl (C=O) groups is 1. The van der Waals surface area contributed by atoms with Gasteiger partial charge in [0.15, 0.2) is 5.78 Å². The summed E-state index contributed by atoms with van der Waals surface area (Å²) in [5, 5.41) is 10.7. The Morgan fingerprint density at radius 3 is 2.56 bits per heavy atom. The molecule has 0 amide bonds. The van der Waals surface area contributed by atoms with Crippen molar-refractivity contribution in [1.82, 2.24) is 0 Å². The number of nitrogens with zero attached hydrogens (tertiary/aromatic N) is 1. The highest BCUT2D eigenvalue weighted by molar-refractivity contribution is 6.08. The maximum atomic E-state index is 11.5. The first kappa shape index (κ1) is 10.4. The predicted molar refractivity (Wildman–Crippen MR) is 63.3 cm³/mol. The summed E-state index contributed by atoms with van der Waals surface area (Å²) in [7, 11) is 0. The van der Waals surface area contributed by atoms with Crippen LogP contribution in [0.2, 0.25) is 0 Å². The number of fused-ring (bicyclic) bond motifs is 1. The van der Waals surface area contributed by atoms with Crippen LogP contribution >= 0.6 is 0 Å². The van der Waals surface area contributed by atoms with Gasteiger partial charge >= 0.3 is 0 Å². The van der Waals surface area contributed by atoms with Gasteiger partial charge < -0.3 is 0 Å². The second-order valence-electron chi connectivity index (χ2n) is 3.71. The van der Waals surface area contributed by atoms with Crippen molar-refractivity contribution in [2.24, 2.45) is 0 Å². The molecule has 0 heterocycles. The molecule has 0 unspecified atom stereocenters. The first-order valence-electron chi connectivity index (χ1n) is 5.12. The smallest absolute Gasteiger partial charge is 0.160 e. The maximum absolute atomic E-state index is 11.5. The zero-order valence-corrected chi connectivity index (χ0v) is 9.03. The van der Waals surface area contributed by atoms with Gasteiger partial charge in [0.2, 0.25) is 0 Å². The number of rotatable bonds is 2. The molecule has 0 fully saturated rings. The van der Waals surface area contributed by atoms with Gasteiger partial charge in [-0.2, -0.15) is 5.26 Å². The third kappa shape index (κ3) is 1.68. The lowest BCUT2D eigenvalue weighted by Gasteiger charge is -2.07. The summed E-state index contributed by atoms with van der Waals surface area (Å²) >= 11 is 0. The van der Waals surface area contributed by atoms with Gasteiger partial charge in [0.1, 0.15) is 0 Å². The van der Waals surface area contributed by atoms with Crippen molar-refractivity contribution >= 4 is 16.6 Å². The third-order valence-corrected chi connectivity index (χ3v) is 2.64. The fourth-order valence-electron chi connectivity index (χ4n) is 1.94. The van der Waals surface area contributed by atoms with Crippen LogP contribution in [-0.2, 0) is 6.42 Å². The average molecular weight is 209 g/mol. The van der Waals surface area contributed by atoms with Gasteiger partial charge in [-0.25, -0.2) is 0 Å². The molecule has 0 aromatic heterocycles. The lowest BCUT2D eigenvalue weighted by atomic mass is 9.96. The van der Waals surface area contributed by atoms with E-state index in [0.29, 0.717) is 12.0 Å². The molecule has 0 N–H and O–H groups in total. The van der Waals surface area contributed by atoms with E-state index in [-0.39, 0.29) is 5.78 Å². The molecule has 0 atom stereocenters. The van der Waals surface area contributed by atoms with Crippen LogP contribution in [0.5, 0.6) is 0 Å². The zero-order chi connectivity index (χ0) is 11.5. The number of ketones is 1. The van der Waals surface area contributed by atoms with Gasteiger partial charge in [0.05, 0.1) is 12.5 Å². The van der Waals surface area contributed by atoms with Crippen LogP contribution in [-0.4, -0.2) is 5.78 Å². The molecule has 0 aliphatic rings. The van der Waals surface area contributed by atoms with Crippen molar-refractivity contribution in [1.29, 1.82) is 5.26 Å². The van der Waals surface area contributed by atoms with Crippen molar-refractivity contribution in [3.8, 4) is 6.07 Å². The summed E-state index contributed by atoms with van der Waals surface area (Å²) in [6.45, 7) is 1.55. The van der Waals surface area contributed by atoms with Crippen LogP contribution in [0.3, 0.4) is 0 Å². The Labute approximate surface area is 94.1 Å². The molecule has 0 saturated heterocycles. The number of hydrogen-bond donors (Lipinski definition) is 0. The number of Topliss-reactive ketones (excluding diaryl/α,β-unsaturated/α-hetero) is 1. The predicted octanol–water partition coefficient (Wildman–Crippen LogP) is 3.11. The van der Waals surface area contributed by atoms with Crippen molar-refractivity contribution < 1.29 is 4.79 Å². The highest BCUT2D eigenvalue weighted by Gasteiger charge is 2.08. The molecule has 2 rings (SSSR count). The van der Waals surface area contributed by atoms with Gasteiger partial charge in [-0.3, -0.25) is 4.79 Å². The van der Waals surface area contributed by atoms with E-state index in [1.165, 1.54) is 0 Å². The second kappa shape index (κ2) is 4.16. The molecule has 2 aromatic carbocycles. The quantitative estimate of drug-likeness (QED) is 0.713. The molecule has 0 aliphatic heterocycles. The lowest BCUT2D eigenvalue weighted by molar-refractivity contribution is 0.101. The maximum Gasteiger partial charge on any atom is 0.160 e. The van der Waals surface area contributed by atoms with E-state index in [4.69, 9.17) is 5.26 Å². The molecule has 0 spiro atoms. The van der Waals surface area contributed by atoms with Crippen LogP contribution in [0, 0.1) is 11.3 Å². The molecule has 0 saturated carbocycles. The Kier molecular flexibility index (Phi) is 2.70. The van der Waals surface area contributed by atoms with Crippen molar-refractivity contribution in [3.05, 3.63) is 47.5 Å². The number of nitriles is 1. The van der Waals surface area contributed by atoms with Gasteiger partial charge in [-0.1, -0.05) is 36.4 Å². The molecule has 78 valence electrons. The highest BCUT2D eigenvalue weighted by atomic mass is 16.1. The van der Waals surface area contributed by atoms with E-state index in [2.05, 4.69) is 6.07 Å². The molecule has 16 heavy (non-hydrogen) atoms. The molecule has 2 nitrogen and oxygen atoms in total. The summed E-state index contributed by atoms with van der Waals surface area (Å²) in [6, 6.07) is 13.6. The first-order chi connectivity index (χ1) is 7.74.